The van der Waals surface area contributed by atoms with E-state index in [4.69, 9.17) is 0 Å². The standard InChI is InChI=1S/C17H10F4N2O/c18-12-8-6-11(7-9-12)14-10-15(17(19,20)21)22-16(24)23(14)13-4-2-1-3-5-13/h1-10H. The zero-order chi connectivity index (χ0) is 17.3. The highest BCUT2D eigenvalue weighted by molar-refractivity contribution is 5.62. The molecular formula is C17H10F4N2O. The van der Waals surface area contributed by atoms with Crippen LogP contribution in [-0.4, -0.2) is 9.55 Å². The number of hydrogen-bond donors (Lipinski definition) is 0. The maximum Gasteiger partial charge on any atom is 0.433 e. The van der Waals surface area contributed by atoms with Crippen LogP contribution in [0, 0.1) is 5.82 Å². The number of alkyl halides is 3. The second-order valence-electron chi connectivity index (χ2n) is 4.98. The first kappa shape index (κ1) is 15.9. The SMILES string of the molecule is O=c1nc(C(F)(F)F)cc(-c2ccc(F)cc2)n1-c1ccccc1. The summed E-state index contributed by atoms with van der Waals surface area (Å²) in [6.07, 6.45) is -4.76. The number of rotatable bonds is 2. The molecule has 0 spiro atoms. The van der Waals surface area contributed by atoms with Crippen molar-refractivity contribution in [2.24, 2.45) is 0 Å². The molecule has 0 aliphatic heterocycles. The molecule has 0 aliphatic carbocycles. The van der Waals surface area contributed by atoms with Gasteiger partial charge in [-0.25, -0.2) is 9.18 Å². The molecule has 0 amide bonds. The minimum absolute atomic E-state index is 0.0199. The van der Waals surface area contributed by atoms with Crippen LogP contribution in [0.2, 0.25) is 0 Å². The molecule has 0 unspecified atom stereocenters. The highest BCUT2D eigenvalue weighted by Crippen LogP contribution is 2.30. The van der Waals surface area contributed by atoms with Crippen molar-refractivity contribution in [1.82, 2.24) is 9.55 Å². The number of halogens is 4. The predicted molar refractivity (Wildman–Crippen MR) is 80.2 cm³/mol. The molecule has 1 aromatic heterocycles. The maximum absolute atomic E-state index is 13.1. The second-order valence-corrected chi connectivity index (χ2v) is 4.98. The molecule has 3 aromatic rings. The Labute approximate surface area is 133 Å². The number of para-hydroxylation sites is 1. The summed E-state index contributed by atoms with van der Waals surface area (Å²) >= 11 is 0. The Morgan fingerprint density at radius 2 is 1.54 bits per heavy atom. The van der Waals surface area contributed by atoms with Gasteiger partial charge in [0.1, 0.15) is 5.82 Å². The van der Waals surface area contributed by atoms with Crippen molar-refractivity contribution in [3.05, 3.63) is 82.7 Å². The fraction of sp³-hybridized carbons (Fsp3) is 0.0588. The van der Waals surface area contributed by atoms with Crippen LogP contribution >= 0.6 is 0 Å². The predicted octanol–water partition coefficient (Wildman–Crippen LogP) is 4.06. The van der Waals surface area contributed by atoms with Crippen LogP contribution in [0.1, 0.15) is 5.69 Å². The summed E-state index contributed by atoms with van der Waals surface area (Å²) in [7, 11) is 0. The van der Waals surface area contributed by atoms with Gasteiger partial charge in [-0.3, -0.25) is 4.57 Å². The van der Waals surface area contributed by atoms with Crippen LogP contribution in [0.3, 0.4) is 0 Å². The molecule has 24 heavy (non-hydrogen) atoms. The van der Waals surface area contributed by atoms with Crippen molar-refractivity contribution in [2.45, 2.75) is 6.18 Å². The van der Waals surface area contributed by atoms with Gasteiger partial charge >= 0.3 is 11.9 Å². The van der Waals surface area contributed by atoms with E-state index in [9.17, 15) is 22.4 Å². The van der Waals surface area contributed by atoms with E-state index in [-0.39, 0.29) is 11.3 Å². The first-order chi connectivity index (χ1) is 11.4. The van der Waals surface area contributed by atoms with Crippen LogP contribution < -0.4 is 5.69 Å². The summed E-state index contributed by atoms with van der Waals surface area (Å²) in [4.78, 5) is 15.4. The van der Waals surface area contributed by atoms with E-state index in [1.807, 2.05) is 0 Å². The van der Waals surface area contributed by atoms with Crippen molar-refractivity contribution < 1.29 is 17.6 Å². The highest BCUT2D eigenvalue weighted by atomic mass is 19.4. The first-order valence-electron chi connectivity index (χ1n) is 6.89. The Balaban J connectivity index is 2.32. The molecule has 2 aromatic carbocycles. The van der Waals surface area contributed by atoms with Gasteiger partial charge < -0.3 is 0 Å². The molecule has 0 saturated heterocycles. The van der Waals surface area contributed by atoms with Crippen molar-refractivity contribution >= 4 is 0 Å². The molecule has 0 atom stereocenters. The lowest BCUT2D eigenvalue weighted by Gasteiger charge is -2.15. The summed E-state index contributed by atoms with van der Waals surface area (Å²) in [5.74, 6) is -0.530. The fourth-order valence-corrected chi connectivity index (χ4v) is 2.29. The quantitative estimate of drug-likeness (QED) is 0.663. The largest absolute Gasteiger partial charge is 0.433 e. The van der Waals surface area contributed by atoms with Crippen LogP contribution in [0.4, 0.5) is 17.6 Å². The van der Waals surface area contributed by atoms with Crippen LogP contribution in [0.5, 0.6) is 0 Å². The van der Waals surface area contributed by atoms with Gasteiger partial charge in [-0.1, -0.05) is 18.2 Å². The number of aromatic nitrogens is 2. The van der Waals surface area contributed by atoms with E-state index < -0.39 is 23.4 Å². The number of nitrogens with zero attached hydrogens (tertiary/aromatic N) is 2. The van der Waals surface area contributed by atoms with Gasteiger partial charge in [0.25, 0.3) is 0 Å². The normalized spacial score (nSPS) is 11.5. The van der Waals surface area contributed by atoms with Crippen molar-refractivity contribution in [2.75, 3.05) is 0 Å². The van der Waals surface area contributed by atoms with Gasteiger partial charge in [-0.15, -0.1) is 0 Å². The van der Waals surface area contributed by atoms with E-state index in [0.717, 1.165) is 22.8 Å². The Morgan fingerprint density at radius 3 is 2.12 bits per heavy atom. The van der Waals surface area contributed by atoms with Crippen molar-refractivity contribution in [3.63, 3.8) is 0 Å². The molecular weight excluding hydrogens is 324 g/mol. The third kappa shape index (κ3) is 3.05. The lowest BCUT2D eigenvalue weighted by molar-refractivity contribution is -0.141. The van der Waals surface area contributed by atoms with Crippen LogP contribution in [0.25, 0.3) is 16.9 Å². The smallest absolute Gasteiger partial charge is 0.261 e. The monoisotopic (exact) mass is 334 g/mol. The fourth-order valence-electron chi connectivity index (χ4n) is 2.29. The molecule has 0 aliphatic rings. The summed E-state index contributed by atoms with van der Waals surface area (Å²) in [6, 6.07) is 13.8. The zero-order valence-electron chi connectivity index (χ0n) is 12.1. The molecule has 3 rings (SSSR count). The molecule has 122 valence electrons. The Kier molecular flexibility index (Phi) is 3.92. The van der Waals surface area contributed by atoms with Crippen molar-refractivity contribution in [3.8, 4) is 16.9 Å². The topological polar surface area (TPSA) is 34.9 Å². The van der Waals surface area contributed by atoms with Crippen LogP contribution in [0.15, 0.2) is 65.5 Å². The minimum atomic E-state index is -4.76. The lowest BCUT2D eigenvalue weighted by atomic mass is 10.1. The molecule has 0 fully saturated rings. The number of hydrogen-bond acceptors (Lipinski definition) is 2. The summed E-state index contributed by atoms with van der Waals surface area (Å²) < 4.78 is 53.1. The summed E-state index contributed by atoms with van der Waals surface area (Å²) in [5, 5.41) is 0. The molecule has 1 heterocycles. The minimum Gasteiger partial charge on any atom is -0.261 e. The van der Waals surface area contributed by atoms with Gasteiger partial charge in [0, 0.05) is 0 Å². The van der Waals surface area contributed by atoms with Gasteiger partial charge in [0.05, 0.1) is 11.4 Å². The Morgan fingerprint density at radius 1 is 0.917 bits per heavy atom. The third-order valence-corrected chi connectivity index (χ3v) is 3.37. The van der Waals surface area contributed by atoms with E-state index >= 15 is 0 Å². The van der Waals surface area contributed by atoms with Gasteiger partial charge in [-0.05, 0) is 48.0 Å². The first-order valence-corrected chi connectivity index (χ1v) is 6.89. The molecule has 0 bridgehead atoms. The second kappa shape index (κ2) is 5.92. The van der Waals surface area contributed by atoms with E-state index in [1.165, 1.54) is 12.1 Å². The van der Waals surface area contributed by atoms with E-state index in [2.05, 4.69) is 4.98 Å². The zero-order valence-corrected chi connectivity index (χ0v) is 12.1. The lowest BCUT2D eigenvalue weighted by Crippen LogP contribution is -2.27. The van der Waals surface area contributed by atoms with Crippen LogP contribution in [-0.2, 0) is 6.18 Å². The van der Waals surface area contributed by atoms with Crippen molar-refractivity contribution in [1.29, 1.82) is 0 Å². The van der Waals surface area contributed by atoms with E-state index in [0.29, 0.717) is 5.69 Å². The Bertz CT molecular complexity index is 916. The molecule has 7 heteroatoms. The summed E-state index contributed by atoms with van der Waals surface area (Å²) in [5.41, 5.74) is -1.74. The molecule has 0 N–H and O–H groups in total. The maximum atomic E-state index is 13.1. The van der Waals surface area contributed by atoms with Gasteiger partial charge in [-0.2, -0.15) is 18.2 Å². The van der Waals surface area contributed by atoms with Gasteiger partial charge in [0.2, 0.25) is 0 Å². The third-order valence-electron chi connectivity index (χ3n) is 3.37. The van der Waals surface area contributed by atoms with Gasteiger partial charge in [0.15, 0.2) is 5.69 Å². The highest BCUT2D eigenvalue weighted by Gasteiger charge is 2.34. The average molecular weight is 334 g/mol. The summed E-state index contributed by atoms with van der Waals surface area (Å²) in [6.45, 7) is 0. The Hall–Kier alpha value is -2.96. The molecule has 0 saturated carbocycles. The van der Waals surface area contributed by atoms with E-state index in [1.54, 1.807) is 30.3 Å². The number of benzene rings is 2. The average Bonchev–Trinajstić information content (AvgIpc) is 2.55. The molecule has 0 radical (unpaired) electrons. The molecule has 3 nitrogen and oxygen atoms in total.